The van der Waals surface area contributed by atoms with Crippen LogP contribution in [0, 0.1) is 6.92 Å². The third-order valence-corrected chi connectivity index (χ3v) is 5.27. The van der Waals surface area contributed by atoms with Crippen LogP contribution in [0.25, 0.3) is 0 Å². The largest absolute Gasteiger partial charge is 0.372 e. The maximum absolute atomic E-state index is 6.69. The molecule has 0 amide bonds. The van der Waals surface area contributed by atoms with Gasteiger partial charge in [0.2, 0.25) is 0 Å². The molecule has 5 heteroatoms. The molecule has 4 N–H and O–H groups in total. The molecule has 5 nitrogen and oxygen atoms in total. The van der Waals surface area contributed by atoms with Crippen molar-refractivity contribution in [1.82, 2.24) is 4.98 Å². The summed E-state index contributed by atoms with van der Waals surface area (Å²) in [6.07, 6.45) is 4.36. The molecule has 0 aromatic carbocycles. The second-order valence-corrected chi connectivity index (χ2v) is 7.46. The Labute approximate surface area is 139 Å². The third kappa shape index (κ3) is 3.52. The topological polar surface area (TPSA) is 77.4 Å². The Morgan fingerprint density at radius 3 is 2.35 bits per heavy atom. The van der Waals surface area contributed by atoms with Crippen molar-refractivity contribution in [2.75, 3.05) is 18.0 Å². The van der Waals surface area contributed by atoms with E-state index in [1.165, 1.54) is 5.56 Å². The fourth-order valence-electron chi connectivity index (χ4n) is 4.04. The predicted molar refractivity (Wildman–Crippen MR) is 93.5 cm³/mol. The molecular weight excluding hydrogens is 288 g/mol. The molecule has 2 heterocycles. The lowest BCUT2D eigenvalue weighted by atomic mass is 9.75. The molecule has 1 aromatic rings. The van der Waals surface area contributed by atoms with E-state index in [9.17, 15) is 0 Å². The number of nitrogens with two attached hydrogens (primary N) is 2. The minimum absolute atomic E-state index is 0.237. The number of hydrogen-bond donors (Lipinski definition) is 2. The Bertz CT molecular complexity index is 544. The number of rotatable bonds is 2. The molecule has 2 fully saturated rings. The highest BCUT2D eigenvalue weighted by molar-refractivity contribution is 5.44. The average molecular weight is 318 g/mol. The van der Waals surface area contributed by atoms with Crippen molar-refractivity contribution in [2.24, 2.45) is 11.5 Å². The van der Waals surface area contributed by atoms with Crippen LogP contribution in [0.2, 0.25) is 0 Å². The Kier molecular flexibility index (Phi) is 4.63. The summed E-state index contributed by atoms with van der Waals surface area (Å²) < 4.78 is 5.81. The Hall–Kier alpha value is -1.17. The van der Waals surface area contributed by atoms with E-state index in [4.69, 9.17) is 21.2 Å². The number of aryl methyl sites for hydroxylation is 1. The second kappa shape index (κ2) is 6.38. The molecule has 2 unspecified atom stereocenters. The molecule has 2 aliphatic rings. The van der Waals surface area contributed by atoms with Gasteiger partial charge in [-0.2, -0.15) is 0 Å². The van der Waals surface area contributed by atoms with Crippen molar-refractivity contribution >= 4 is 5.82 Å². The van der Waals surface area contributed by atoms with E-state index in [1.54, 1.807) is 0 Å². The van der Waals surface area contributed by atoms with E-state index in [0.717, 1.165) is 50.3 Å². The predicted octanol–water partition coefficient (Wildman–Crippen LogP) is 2.06. The van der Waals surface area contributed by atoms with Gasteiger partial charge >= 0.3 is 0 Å². The average Bonchev–Trinajstić information content (AvgIpc) is 2.49. The molecule has 128 valence electrons. The highest BCUT2D eigenvalue weighted by Crippen LogP contribution is 2.36. The first-order valence-corrected chi connectivity index (χ1v) is 8.80. The van der Waals surface area contributed by atoms with Gasteiger partial charge in [0.15, 0.2) is 0 Å². The Balaban J connectivity index is 1.81. The summed E-state index contributed by atoms with van der Waals surface area (Å²) >= 11 is 0. The van der Waals surface area contributed by atoms with Gasteiger partial charge < -0.3 is 21.1 Å². The van der Waals surface area contributed by atoms with Crippen LogP contribution in [0.15, 0.2) is 12.1 Å². The Morgan fingerprint density at radius 1 is 1.17 bits per heavy atom. The van der Waals surface area contributed by atoms with Crippen LogP contribution in [0.1, 0.15) is 50.8 Å². The summed E-state index contributed by atoms with van der Waals surface area (Å²) in [7, 11) is 0. The number of morpholine rings is 1. The highest BCUT2D eigenvalue weighted by Gasteiger charge is 2.34. The van der Waals surface area contributed by atoms with E-state index < -0.39 is 0 Å². The SMILES string of the molecule is Cc1nc(N2CC(C)OC(C)C2)ccc1C1(N)CCC(N)CC1. The molecule has 3 rings (SSSR count). The molecule has 1 aromatic heterocycles. The molecule has 2 atom stereocenters. The van der Waals surface area contributed by atoms with Crippen LogP contribution < -0.4 is 16.4 Å². The van der Waals surface area contributed by atoms with Crippen LogP contribution in [0.3, 0.4) is 0 Å². The first-order chi connectivity index (χ1) is 10.9. The zero-order valence-corrected chi connectivity index (χ0v) is 14.6. The highest BCUT2D eigenvalue weighted by atomic mass is 16.5. The van der Waals surface area contributed by atoms with Gasteiger partial charge in [-0.05, 0) is 58.1 Å². The first-order valence-electron chi connectivity index (χ1n) is 8.80. The van der Waals surface area contributed by atoms with E-state index in [0.29, 0.717) is 6.04 Å². The first kappa shape index (κ1) is 16.7. The summed E-state index contributed by atoms with van der Waals surface area (Å²) in [5.41, 5.74) is 14.7. The fourth-order valence-corrected chi connectivity index (χ4v) is 4.04. The van der Waals surface area contributed by atoms with Crippen molar-refractivity contribution in [3.63, 3.8) is 0 Å². The van der Waals surface area contributed by atoms with Gasteiger partial charge in [0.1, 0.15) is 5.82 Å². The summed E-state index contributed by atoms with van der Waals surface area (Å²) in [4.78, 5) is 7.18. The van der Waals surface area contributed by atoms with E-state index in [1.807, 2.05) is 0 Å². The van der Waals surface area contributed by atoms with Gasteiger partial charge in [-0.25, -0.2) is 4.98 Å². The molecule has 1 saturated heterocycles. The number of ether oxygens (including phenoxy) is 1. The van der Waals surface area contributed by atoms with Gasteiger partial charge in [0.25, 0.3) is 0 Å². The number of hydrogen-bond acceptors (Lipinski definition) is 5. The zero-order valence-electron chi connectivity index (χ0n) is 14.6. The minimum Gasteiger partial charge on any atom is -0.372 e. The van der Waals surface area contributed by atoms with Crippen molar-refractivity contribution in [1.29, 1.82) is 0 Å². The fraction of sp³-hybridized carbons (Fsp3) is 0.722. The van der Waals surface area contributed by atoms with Crippen molar-refractivity contribution in [3.05, 3.63) is 23.4 Å². The van der Waals surface area contributed by atoms with Crippen molar-refractivity contribution < 1.29 is 4.74 Å². The zero-order chi connectivity index (χ0) is 16.6. The molecule has 0 radical (unpaired) electrons. The van der Waals surface area contributed by atoms with Gasteiger partial charge in [-0.15, -0.1) is 0 Å². The molecule has 0 bridgehead atoms. The van der Waals surface area contributed by atoms with Crippen molar-refractivity contribution in [2.45, 2.75) is 70.2 Å². The summed E-state index contributed by atoms with van der Waals surface area (Å²) in [5.74, 6) is 1.03. The molecule has 1 saturated carbocycles. The van der Waals surface area contributed by atoms with Crippen LogP contribution >= 0.6 is 0 Å². The second-order valence-electron chi connectivity index (χ2n) is 7.46. The normalized spacial score (nSPS) is 35.3. The van der Waals surface area contributed by atoms with Crippen LogP contribution in [-0.2, 0) is 10.3 Å². The van der Waals surface area contributed by atoms with Gasteiger partial charge in [0.05, 0.1) is 12.2 Å². The maximum Gasteiger partial charge on any atom is 0.128 e. The maximum atomic E-state index is 6.69. The van der Waals surface area contributed by atoms with Gasteiger partial charge in [0, 0.05) is 30.4 Å². The smallest absolute Gasteiger partial charge is 0.128 e. The van der Waals surface area contributed by atoms with Gasteiger partial charge in [-0.1, -0.05) is 6.07 Å². The van der Waals surface area contributed by atoms with Crippen LogP contribution in [0.4, 0.5) is 5.82 Å². The summed E-state index contributed by atoms with van der Waals surface area (Å²) in [6, 6.07) is 4.60. The third-order valence-electron chi connectivity index (χ3n) is 5.27. The van der Waals surface area contributed by atoms with Crippen LogP contribution in [0.5, 0.6) is 0 Å². The van der Waals surface area contributed by atoms with Crippen molar-refractivity contribution in [3.8, 4) is 0 Å². The molecule has 0 spiro atoms. The molecule has 23 heavy (non-hydrogen) atoms. The minimum atomic E-state index is -0.267. The quantitative estimate of drug-likeness (QED) is 0.873. The van der Waals surface area contributed by atoms with E-state index in [-0.39, 0.29) is 17.7 Å². The molecular formula is C18H30N4O. The number of pyridine rings is 1. The molecule has 1 aliphatic carbocycles. The number of nitrogens with zero attached hydrogens (tertiary/aromatic N) is 2. The lowest BCUT2D eigenvalue weighted by molar-refractivity contribution is -0.00547. The lowest BCUT2D eigenvalue weighted by Gasteiger charge is -2.38. The van der Waals surface area contributed by atoms with Crippen LogP contribution in [-0.4, -0.2) is 36.3 Å². The summed E-state index contributed by atoms with van der Waals surface area (Å²) in [5, 5.41) is 0. The standard InChI is InChI=1S/C18H30N4O/c1-12-10-22(11-13(2)23-12)17-5-4-16(14(3)21-17)18(20)8-6-15(19)7-9-18/h4-5,12-13,15H,6-11,19-20H2,1-3H3. The lowest BCUT2D eigenvalue weighted by Crippen LogP contribution is -2.46. The van der Waals surface area contributed by atoms with E-state index >= 15 is 0 Å². The number of anilines is 1. The monoisotopic (exact) mass is 318 g/mol. The Morgan fingerprint density at radius 2 is 1.78 bits per heavy atom. The van der Waals surface area contributed by atoms with E-state index in [2.05, 4.69) is 37.8 Å². The van der Waals surface area contributed by atoms with Gasteiger partial charge in [-0.3, -0.25) is 0 Å². The molecule has 1 aliphatic heterocycles. The number of aromatic nitrogens is 1. The summed E-state index contributed by atoms with van der Waals surface area (Å²) in [6.45, 7) is 8.08.